The number of benzene rings is 1. The van der Waals surface area contributed by atoms with Gasteiger partial charge in [-0.1, -0.05) is 41.1 Å². The lowest BCUT2D eigenvalue weighted by Gasteiger charge is -2.34. The molecule has 5 nitrogen and oxygen atoms in total. The highest BCUT2D eigenvalue weighted by molar-refractivity contribution is 9.10. The second-order valence-electron chi connectivity index (χ2n) is 6.46. The van der Waals surface area contributed by atoms with Crippen LogP contribution in [0.1, 0.15) is 24.3 Å². The van der Waals surface area contributed by atoms with E-state index in [-0.39, 0.29) is 6.10 Å². The molecule has 0 saturated carbocycles. The predicted octanol–water partition coefficient (Wildman–Crippen LogP) is 4.44. The lowest BCUT2D eigenvalue weighted by Crippen LogP contribution is -2.39. The Morgan fingerprint density at radius 2 is 1.96 bits per heavy atom. The summed E-state index contributed by atoms with van der Waals surface area (Å²) in [6.45, 7) is 4.36. The smallest absolute Gasteiger partial charge is 0.161 e. The Morgan fingerprint density at radius 1 is 1.15 bits per heavy atom. The molecule has 0 radical (unpaired) electrons. The van der Waals surface area contributed by atoms with Crippen LogP contribution in [0, 0.1) is 0 Å². The Balaban J connectivity index is 1.65. The summed E-state index contributed by atoms with van der Waals surface area (Å²) in [5, 5.41) is 0. The molecule has 1 atom stereocenters. The zero-order valence-corrected chi connectivity index (χ0v) is 16.8. The van der Waals surface area contributed by atoms with Crippen LogP contribution in [0.5, 0.6) is 0 Å². The summed E-state index contributed by atoms with van der Waals surface area (Å²) in [5.74, 6) is 1.70. The average molecular weight is 425 g/mol. The maximum Gasteiger partial charge on any atom is 0.161 e. The molecule has 3 aromatic rings. The first-order valence-electron chi connectivity index (χ1n) is 9.14. The van der Waals surface area contributed by atoms with Crippen molar-refractivity contribution in [2.75, 3.05) is 24.6 Å². The largest absolute Gasteiger partial charge is 0.370 e. The molecule has 0 bridgehead atoms. The topological polar surface area (TPSA) is 51.1 Å². The zero-order chi connectivity index (χ0) is 18.6. The molecular weight excluding hydrogens is 404 g/mol. The van der Waals surface area contributed by atoms with Gasteiger partial charge in [0.1, 0.15) is 11.9 Å². The summed E-state index contributed by atoms with van der Waals surface area (Å²) < 4.78 is 7.12. The van der Waals surface area contributed by atoms with Crippen molar-refractivity contribution < 1.29 is 4.74 Å². The van der Waals surface area contributed by atoms with Gasteiger partial charge in [-0.3, -0.25) is 4.98 Å². The van der Waals surface area contributed by atoms with Gasteiger partial charge in [0.15, 0.2) is 5.82 Å². The van der Waals surface area contributed by atoms with Crippen molar-refractivity contribution in [3.05, 3.63) is 70.6 Å². The second-order valence-corrected chi connectivity index (χ2v) is 7.31. The Labute approximate surface area is 167 Å². The molecule has 1 aromatic carbocycles. The first-order valence-corrected chi connectivity index (χ1v) is 9.93. The van der Waals surface area contributed by atoms with E-state index in [1.54, 1.807) is 12.4 Å². The molecule has 0 N–H and O–H groups in total. The number of pyridine rings is 1. The van der Waals surface area contributed by atoms with E-state index in [1.165, 1.54) is 5.56 Å². The highest BCUT2D eigenvalue weighted by atomic mass is 79.9. The summed E-state index contributed by atoms with van der Waals surface area (Å²) in [6.07, 6.45) is 4.42. The first-order chi connectivity index (χ1) is 13.2. The third-order valence-corrected chi connectivity index (χ3v) is 5.43. The standard InChI is InChI=1S/C21H21BrN4O/c1-2-16-13-20(25-21(24-16)15-7-9-23-10-8-15)26-11-12-27-19(14-26)17-5-3-4-6-18(17)22/h3-10,13,19H,2,11-12,14H2,1H3. The molecule has 1 aliphatic heterocycles. The maximum atomic E-state index is 6.04. The molecule has 1 aliphatic rings. The molecule has 0 aliphatic carbocycles. The van der Waals surface area contributed by atoms with Crippen LogP contribution < -0.4 is 4.90 Å². The minimum absolute atomic E-state index is 0.0127. The SMILES string of the molecule is CCc1cc(N2CCOC(c3ccccc3Br)C2)nc(-c2ccncc2)n1. The molecule has 0 spiro atoms. The van der Waals surface area contributed by atoms with Gasteiger partial charge in [0.05, 0.1) is 6.61 Å². The van der Waals surface area contributed by atoms with Gasteiger partial charge >= 0.3 is 0 Å². The Bertz CT molecular complexity index is 919. The lowest BCUT2D eigenvalue weighted by molar-refractivity contribution is 0.0391. The van der Waals surface area contributed by atoms with Crippen molar-refractivity contribution in [2.24, 2.45) is 0 Å². The zero-order valence-electron chi connectivity index (χ0n) is 15.2. The van der Waals surface area contributed by atoms with Crippen LogP contribution in [-0.4, -0.2) is 34.6 Å². The van der Waals surface area contributed by atoms with Crippen LogP contribution in [0.2, 0.25) is 0 Å². The fourth-order valence-electron chi connectivity index (χ4n) is 3.24. The maximum absolute atomic E-state index is 6.04. The molecule has 1 saturated heterocycles. The lowest BCUT2D eigenvalue weighted by atomic mass is 10.1. The highest BCUT2D eigenvalue weighted by Gasteiger charge is 2.25. The van der Waals surface area contributed by atoms with E-state index in [0.717, 1.165) is 46.9 Å². The monoisotopic (exact) mass is 424 g/mol. The van der Waals surface area contributed by atoms with Crippen molar-refractivity contribution in [3.8, 4) is 11.4 Å². The van der Waals surface area contributed by atoms with Gasteiger partial charge in [0, 0.05) is 47.3 Å². The van der Waals surface area contributed by atoms with Crippen molar-refractivity contribution in [1.82, 2.24) is 15.0 Å². The van der Waals surface area contributed by atoms with Crippen LogP contribution >= 0.6 is 15.9 Å². The fraction of sp³-hybridized carbons (Fsp3) is 0.286. The van der Waals surface area contributed by atoms with Gasteiger partial charge < -0.3 is 9.64 Å². The minimum atomic E-state index is 0.0127. The van der Waals surface area contributed by atoms with Crippen LogP contribution in [0.25, 0.3) is 11.4 Å². The molecule has 6 heteroatoms. The van der Waals surface area contributed by atoms with Crippen molar-refractivity contribution in [3.63, 3.8) is 0 Å². The Morgan fingerprint density at radius 3 is 2.74 bits per heavy atom. The van der Waals surface area contributed by atoms with Gasteiger partial charge in [0.25, 0.3) is 0 Å². The van der Waals surface area contributed by atoms with Crippen LogP contribution in [0.3, 0.4) is 0 Å². The molecule has 27 heavy (non-hydrogen) atoms. The van der Waals surface area contributed by atoms with E-state index in [2.05, 4.69) is 50.9 Å². The number of hydrogen-bond acceptors (Lipinski definition) is 5. The molecule has 2 aromatic heterocycles. The number of rotatable bonds is 4. The van der Waals surface area contributed by atoms with E-state index in [9.17, 15) is 0 Å². The fourth-order valence-corrected chi connectivity index (χ4v) is 3.78. The molecule has 4 rings (SSSR count). The minimum Gasteiger partial charge on any atom is -0.370 e. The van der Waals surface area contributed by atoms with E-state index in [0.29, 0.717) is 6.61 Å². The number of anilines is 1. The summed E-state index contributed by atoms with van der Waals surface area (Å²) in [7, 11) is 0. The molecule has 0 amide bonds. The number of nitrogens with zero attached hydrogens (tertiary/aromatic N) is 4. The molecule has 1 fully saturated rings. The second kappa shape index (κ2) is 8.15. The van der Waals surface area contributed by atoms with E-state index < -0.39 is 0 Å². The summed E-state index contributed by atoms with van der Waals surface area (Å²) in [6, 6.07) is 14.2. The van der Waals surface area contributed by atoms with Gasteiger partial charge in [0.2, 0.25) is 0 Å². The predicted molar refractivity (Wildman–Crippen MR) is 110 cm³/mol. The number of aryl methyl sites for hydroxylation is 1. The first kappa shape index (κ1) is 18.1. The van der Waals surface area contributed by atoms with E-state index in [4.69, 9.17) is 14.7 Å². The van der Waals surface area contributed by atoms with Gasteiger partial charge in [-0.2, -0.15) is 0 Å². The summed E-state index contributed by atoms with van der Waals surface area (Å²) in [5.41, 5.74) is 3.19. The van der Waals surface area contributed by atoms with Gasteiger partial charge in [-0.15, -0.1) is 0 Å². The molecule has 1 unspecified atom stereocenters. The van der Waals surface area contributed by atoms with Crippen LogP contribution in [0.4, 0.5) is 5.82 Å². The van der Waals surface area contributed by atoms with Crippen LogP contribution in [-0.2, 0) is 11.2 Å². The summed E-state index contributed by atoms with van der Waals surface area (Å²) in [4.78, 5) is 15.9. The van der Waals surface area contributed by atoms with E-state index in [1.807, 2.05) is 24.3 Å². The highest BCUT2D eigenvalue weighted by Crippen LogP contribution is 2.31. The Kier molecular flexibility index (Phi) is 5.45. The molecule has 138 valence electrons. The summed E-state index contributed by atoms with van der Waals surface area (Å²) >= 11 is 3.64. The number of aromatic nitrogens is 3. The normalized spacial score (nSPS) is 17.1. The number of ether oxygens (including phenoxy) is 1. The van der Waals surface area contributed by atoms with Crippen LogP contribution in [0.15, 0.2) is 59.3 Å². The quantitative estimate of drug-likeness (QED) is 0.619. The van der Waals surface area contributed by atoms with Gasteiger partial charge in [-0.05, 0) is 30.2 Å². The van der Waals surface area contributed by atoms with Gasteiger partial charge in [-0.25, -0.2) is 9.97 Å². The molecular formula is C21H21BrN4O. The third kappa shape index (κ3) is 4.01. The van der Waals surface area contributed by atoms with Crippen molar-refractivity contribution in [2.45, 2.75) is 19.4 Å². The number of morpholine rings is 1. The number of hydrogen-bond donors (Lipinski definition) is 0. The van der Waals surface area contributed by atoms with E-state index >= 15 is 0 Å². The molecule has 3 heterocycles. The Hall–Kier alpha value is -2.31. The van der Waals surface area contributed by atoms with Crippen molar-refractivity contribution in [1.29, 1.82) is 0 Å². The average Bonchev–Trinajstić information content (AvgIpc) is 2.74. The third-order valence-electron chi connectivity index (χ3n) is 4.71. The van der Waals surface area contributed by atoms with Crippen molar-refractivity contribution >= 4 is 21.7 Å². The number of halogens is 1.